The first kappa shape index (κ1) is 14.4. The summed E-state index contributed by atoms with van der Waals surface area (Å²) in [6, 6.07) is 0. The molecule has 2 N–H and O–H groups in total. The highest BCUT2D eigenvalue weighted by Gasteiger charge is 1.87. The van der Waals surface area contributed by atoms with Crippen LogP contribution in [0, 0.1) is 0 Å². The molecule has 0 amide bonds. The first-order valence-corrected chi connectivity index (χ1v) is 4.01. The Morgan fingerprint density at radius 3 is 1.75 bits per heavy atom. The van der Waals surface area contributed by atoms with Crippen molar-refractivity contribution in [2.45, 2.75) is 33.2 Å². The minimum atomic E-state index is -0.602. The lowest BCUT2D eigenvalue weighted by Crippen LogP contribution is -2.07. The van der Waals surface area contributed by atoms with Crippen LogP contribution in [-0.2, 0) is 9.47 Å². The third-order valence-electron chi connectivity index (χ3n) is 0.816. The lowest BCUT2D eigenvalue weighted by Gasteiger charge is -1.99. The summed E-state index contributed by atoms with van der Waals surface area (Å²) in [6.07, 6.45) is -0.926. The SMILES string of the molecule is CCOC(C)O.COCC(C)O. The summed E-state index contributed by atoms with van der Waals surface area (Å²) in [5, 5.41) is 16.8. The minimum Gasteiger partial charge on any atom is -0.391 e. The zero-order valence-corrected chi connectivity index (χ0v) is 8.28. The largest absolute Gasteiger partial charge is 0.391 e. The molecule has 0 heterocycles. The molecular weight excluding hydrogens is 160 g/mol. The molecule has 0 saturated carbocycles. The summed E-state index contributed by atoms with van der Waals surface area (Å²) >= 11 is 0. The molecule has 2 atom stereocenters. The molecule has 0 fully saturated rings. The average molecular weight is 180 g/mol. The van der Waals surface area contributed by atoms with Gasteiger partial charge in [-0.1, -0.05) is 0 Å². The van der Waals surface area contributed by atoms with Crippen LogP contribution in [0.15, 0.2) is 0 Å². The Labute approximate surface area is 74.1 Å². The second-order valence-electron chi connectivity index (χ2n) is 2.36. The maximum Gasteiger partial charge on any atom is 0.151 e. The van der Waals surface area contributed by atoms with Gasteiger partial charge in [0.05, 0.1) is 12.7 Å². The molecule has 0 spiro atoms. The van der Waals surface area contributed by atoms with Crippen LogP contribution in [0.25, 0.3) is 0 Å². The van der Waals surface area contributed by atoms with Crippen LogP contribution < -0.4 is 0 Å². The highest BCUT2D eigenvalue weighted by molar-refractivity contribution is 4.36. The zero-order chi connectivity index (χ0) is 9.98. The van der Waals surface area contributed by atoms with Gasteiger partial charge < -0.3 is 19.7 Å². The molecule has 4 nitrogen and oxygen atoms in total. The Morgan fingerprint density at radius 2 is 1.75 bits per heavy atom. The van der Waals surface area contributed by atoms with Crippen molar-refractivity contribution in [1.82, 2.24) is 0 Å². The van der Waals surface area contributed by atoms with Gasteiger partial charge in [-0.25, -0.2) is 0 Å². The van der Waals surface area contributed by atoms with E-state index in [1.165, 1.54) is 0 Å². The highest BCUT2D eigenvalue weighted by Crippen LogP contribution is 1.78. The van der Waals surface area contributed by atoms with E-state index in [1.807, 2.05) is 6.92 Å². The fourth-order valence-corrected chi connectivity index (χ4v) is 0.482. The molecule has 0 aromatic rings. The van der Waals surface area contributed by atoms with Gasteiger partial charge in [0.25, 0.3) is 0 Å². The molecule has 0 rings (SSSR count). The summed E-state index contributed by atoms with van der Waals surface area (Å²) < 4.78 is 9.15. The number of aliphatic hydroxyl groups is 2. The standard InChI is InChI=1S/2C4H10O2/c1-4(5)3-6-2;1-3-6-4(2)5/h2*4-5H,3H2,1-2H3. The second-order valence-corrected chi connectivity index (χ2v) is 2.36. The predicted octanol–water partition coefficient (Wildman–Crippen LogP) is 0.375. The molecule has 0 aliphatic carbocycles. The lowest BCUT2D eigenvalue weighted by molar-refractivity contribution is -0.0800. The normalized spacial score (nSPS) is 14.5. The van der Waals surface area contributed by atoms with E-state index in [0.717, 1.165) is 0 Å². The van der Waals surface area contributed by atoms with Crippen LogP contribution in [-0.4, -0.2) is 42.9 Å². The van der Waals surface area contributed by atoms with Gasteiger partial charge in [0.2, 0.25) is 0 Å². The minimum absolute atomic E-state index is 0.324. The van der Waals surface area contributed by atoms with E-state index in [-0.39, 0.29) is 6.10 Å². The van der Waals surface area contributed by atoms with Crippen molar-refractivity contribution in [3.63, 3.8) is 0 Å². The van der Waals surface area contributed by atoms with Gasteiger partial charge in [0, 0.05) is 13.7 Å². The second kappa shape index (κ2) is 10.8. The quantitative estimate of drug-likeness (QED) is 0.614. The van der Waals surface area contributed by atoms with E-state index in [4.69, 9.17) is 10.2 Å². The van der Waals surface area contributed by atoms with Crippen LogP contribution in [0.5, 0.6) is 0 Å². The first-order chi connectivity index (χ1) is 5.54. The van der Waals surface area contributed by atoms with Crippen molar-refractivity contribution >= 4 is 0 Å². The first-order valence-electron chi connectivity index (χ1n) is 4.01. The van der Waals surface area contributed by atoms with Gasteiger partial charge >= 0.3 is 0 Å². The molecule has 0 aromatic heterocycles. The van der Waals surface area contributed by atoms with Crippen molar-refractivity contribution in [3.05, 3.63) is 0 Å². The van der Waals surface area contributed by atoms with Gasteiger partial charge in [-0.05, 0) is 20.8 Å². The van der Waals surface area contributed by atoms with E-state index in [1.54, 1.807) is 21.0 Å². The van der Waals surface area contributed by atoms with Crippen LogP contribution in [0.3, 0.4) is 0 Å². The monoisotopic (exact) mass is 180 g/mol. The summed E-state index contributed by atoms with van der Waals surface area (Å²) in [7, 11) is 1.56. The number of methoxy groups -OCH3 is 1. The van der Waals surface area contributed by atoms with Crippen LogP contribution >= 0.6 is 0 Å². The summed E-state index contributed by atoms with van der Waals surface area (Å²) in [6.45, 7) is 6.12. The van der Waals surface area contributed by atoms with E-state index < -0.39 is 6.29 Å². The van der Waals surface area contributed by atoms with Gasteiger partial charge in [-0.3, -0.25) is 0 Å². The van der Waals surface area contributed by atoms with E-state index >= 15 is 0 Å². The molecule has 2 unspecified atom stereocenters. The fraction of sp³-hybridized carbons (Fsp3) is 1.00. The molecule has 0 aliphatic rings. The molecule has 76 valence electrons. The number of hydrogen-bond donors (Lipinski definition) is 2. The number of rotatable bonds is 4. The Balaban J connectivity index is 0. The average Bonchev–Trinajstić information content (AvgIpc) is 1.87. The zero-order valence-electron chi connectivity index (χ0n) is 8.28. The third kappa shape index (κ3) is 22.5. The molecule has 4 heteroatoms. The molecular formula is C8H20O4. The molecule has 0 saturated heterocycles. The summed E-state index contributed by atoms with van der Waals surface area (Å²) in [4.78, 5) is 0. The number of aliphatic hydroxyl groups excluding tert-OH is 2. The molecule has 12 heavy (non-hydrogen) atoms. The number of hydrogen-bond acceptors (Lipinski definition) is 4. The summed E-state index contributed by atoms with van der Waals surface area (Å²) in [5.74, 6) is 0. The Kier molecular flexibility index (Phi) is 13.0. The Morgan fingerprint density at radius 1 is 1.25 bits per heavy atom. The molecule has 0 aliphatic heterocycles. The van der Waals surface area contributed by atoms with Crippen LogP contribution in [0.2, 0.25) is 0 Å². The smallest absolute Gasteiger partial charge is 0.151 e. The number of ether oxygens (including phenoxy) is 2. The van der Waals surface area contributed by atoms with Crippen molar-refractivity contribution in [2.75, 3.05) is 20.3 Å². The van der Waals surface area contributed by atoms with E-state index in [2.05, 4.69) is 9.47 Å². The van der Waals surface area contributed by atoms with Gasteiger partial charge in [-0.15, -0.1) is 0 Å². The van der Waals surface area contributed by atoms with E-state index in [0.29, 0.717) is 13.2 Å². The maximum atomic E-state index is 8.43. The van der Waals surface area contributed by atoms with Crippen molar-refractivity contribution < 1.29 is 19.7 Å². The Bertz CT molecular complexity index is 63.5. The Hall–Kier alpha value is -0.160. The van der Waals surface area contributed by atoms with Crippen LogP contribution in [0.1, 0.15) is 20.8 Å². The lowest BCUT2D eigenvalue weighted by atomic mass is 10.5. The van der Waals surface area contributed by atoms with Gasteiger partial charge in [0.1, 0.15) is 0 Å². The summed E-state index contributed by atoms with van der Waals surface area (Å²) in [5.41, 5.74) is 0. The predicted molar refractivity (Wildman–Crippen MR) is 46.9 cm³/mol. The van der Waals surface area contributed by atoms with Gasteiger partial charge in [-0.2, -0.15) is 0 Å². The molecule has 0 aromatic carbocycles. The van der Waals surface area contributed by atoms with Gasteiger partial charge in [0.15, 0.2) is 6.29 Å². The third-order valence-corrected chi connectivity index (χ3v) is 0.816. The maximum absolute atomic E-state index is 8.43. The topological polar surface area (TPSA) is 58.9 Å². The van der Waals surface area contributed by atoms with Crippen molar-refractivity contribution in [1.29, 1.82) is 0 Å². The van der Waals surface area contributed by atoms with E-state index in [9.17, 15) is 0 Å². The van der Waals surface area contributed by atoms with Crippen molar-refractivity contribution in [3.8, 4) is 0 Å². The molecule has 0 bridgehead atoms. The van der Waals surface area contributed by atoms with Crippen LogP contribution in [0.4, 0.5) is 0 Å². The van der Waals surface area contributed by atoms with Crippen molar-refractivity contribution in [2.24, 2.45) is 0 Å². The fourth-order valence-electron chi connectivity index (χ4n) is 0.482. The molecule has 0 radical (unpaired) electrons. The highest BCUT2D eigenvalue weighted by atomic mass is 16.6.